The van der Waals surface area contributed by atoms with Gasteiger partial charge in [-0.2, -0.15) is 0 Å². The number of nitrogens with zero attached hydrogens (tertiary/aromatic N) is 1. The zero-order valence-electron chi connectivity index (χ0n) is 15.7. The number of benzene rings is 1. The highest BCUT2D eigenvalue weighted by Gasteiger charge is 2.20. The number of rotatable bonds is 9. The molecule has 0 unspecified atom stereocenters. The van der Waals surface area contributed by atoms with E-state index in [0.29, 0.717) is 24.9 Å². The SMILES string of the molecule is Cc1cccc(N(CC(=O)NCCCOC2CCCCC2)S(C)(=O)=O)c1. The van der Waals surface area contributed by atoms with Gasteiger partial charge in [0.2, 0.25) is 15.9 Å². The number of ether oxygens (including phenoxy) is 1. The first-order chi connectivity index (χ1) is 12.4. The summed E-state index contributed by atoms with van der Waals surface area (Å²) in [4.78, 5) is 12.2. The normalized spacial score (nSPS) is 15.6. The van der Waals surface area contributed by atoms with Crippen molar-refractivity contribution in [3.05, 3.63) is 29.8 Å². The third-order valence-electron chi connectivity index (χ3n) is 4.53. The van der Waals surface area contributed by atoms with Crippen LogP contribution in [0, 0.1) is 6.92 Å². The van der Waals surface area contributed by atoms with Gasteiger partial charge in [-0.1, -0.05) is 31.4 Å². The summed E-state index contributed by atoms with van der Waals surface area (Å²) in [5.74, 6) is -0.311. The fourth-order valence-electron chi connectivity index (χ4n) is 3.15. The van der Waals surface area contributed by atoms with E-state index in [4.69, 9.17) is 4.74 Å². The minimum Gasteiger partial charge on any atom is -0.378 e. The minimum atomic E-state index is -3.53. The zero-order valence-corrected chi connectivity index (χ0v) is 16.6. The predicted octanol–water partition coefficient (Wildman–Crippen LogP) is 2.62. The molecule has 1 saturated carbocycles. The summed E-state index contributed by atoms with van der Waals surface area (Å²) in [5.41, 5.74) is 1.44. The molecule has 1 N–H and O–H groups in total. The number of hydrogen-bond donors (Lipinski definition) is 1. The highest BCUT2D eigenvalue weighted by Crippen LogP contribution is 2.20. The van der Waals surface area contributed by atoms with Gasteiger partial charge in [0, 0.05) is 13.2 Å². The molecule has 0 spiro atoms. The number of carbonyl (C=O) groups excluding carboxylic acids is 1. The molecule has 0 radical (unpaired) electrons. The zero-order chi connectivity index (χ0) is 19.0. The highest BCUT2D eigenvalue weighted by molar-refractivity contribution is 7.92. The van der Waals surface area contributed by atoms with Crippen molar-refractivity contribution in [2.24, 2.45) is 0 Å². The van der Waals surface area contributed by atoms with Crippen molar-refractivity contribution in [3.63, 3.8) is 0 Å². The lowest BCUT2D eigenvalue weighted by Gasteiger charge is -2.23. The molecule has 1 aromatic rings. The topological polar surface area (TPSA) is 75.7 Å². The van der Waals surface area contributed by atoms with Crippen molar-refractivity contribution in [2.45, 2.75) is 51.6 Å². The fraction of sp³-hybridized carbons (Fsp3) is 0.632. The van der Waals surface area contributed by atoms with Crippen LogP contribution in [0.15, 0.2) is 24.3 Å². The summed E-state index contributed by atoms with van der Waals surface area (Å²) >= 11 is 0. The van der Waals surface area contributed by atoms with Crippen molar-refractivity contribution >= 4 is 21.6 Å². The van der Waals surface area contributed by atoms with Crippen molar-refractivity contribution in [1.82, 2.24) is 5.32 Å². The number of nitrogens with one attached hydrogen (secondary N) is 1. The number of carbonyl (C=O) groups is 1. The molecular weight excluding hydrogens is 352 g/mol. The van der Waals surface area contributed by atoms with E-state index in [0.717, 1.165) is 35.4 Å². The Morgan fingerprint density at radius 1 is 1.27 bits per heavy atom. The lowest BCUT2D eigenvalue weighted by atomic mass is 9.98. The Balaban J connectivity index is 1.76. The lowest BCUT2D eigenvalue weighted by Crippen LogP contribution is -2.40. The van der Waals surface area contributed by atoms with Gasteiger partial charge in [0.05, 0.1) is 18.0 Å². The predicted molar refractivity (Wildman–Crippen MR) is 104 cm³/mol. The molecule has 26 heavy (non-hydrogen) atoms. The van der Waals surface area contributed by atoms with E-state index in [1.165, 1.54) is 19.3 Å². The molecule has 0 bridgehead atoms. The third-order valence-corrected chi connectivity index (χ3v) is 5.67. The van der Waals surface area contributed by atoms with Gasteiger partial charge in [-0.3, -0.25) is 9.10 Å². The summed E-state index contributed by atoms with van der Waals surface area (Å²) < 4.78 is 31.1. The van der Waals surface area contributed by atoms with Gasteiger partial charge < -0.3 is 10.1 Å². The Morgan fingerprint density at radius 3 is 2.65 bits per heavy atom. The summed E-state index contributed by atoms with van der Waals surface area (Å²) in [7, 11) is -3.53. The van der Waals surface area contributed by atoms with Gasteiger partial charge in [0.15, 0.2) is 0 Å². The molecule has 6 nitrogen and oxygen atoms in total. The van der Waals surface area contributed by atoms with Gasteiger partial charge >= 0.3 is 0 Å². The Labute approximate surface area is 157 Å². The number of sulfonamides is 1. The molecule has 1 amide bonds. The van der Waals surface area contributed by atoms with Crippen molar-refractivity contribution in [1.29, 1.82) is 0 Å². The van der Waals surface area contributed by atoms with Gasteiger partial charge in [-0.15, -0.1) is 0 Å². The standard InChI is InChI=1S/C19H30N2O4S/c1-16-8-6-9-17(14-16)21(26(2,23)24)15-19(22)20-12-7-13-25-18-10-4-3-5-11-18/h6,8-9,14,18H,3-5,7,10-13,15H2,1-2H3,(H,20,22). The number of hydrogen-bond acceptors (Lipinski definition) is 4. The Bertz CT molecular complexity index is 685. The second kappa shape index (κ2) is 9.92. The molecule has 1 aliphatic rings. The first kappa shape index (κ1) is 20.7. The van der Waals surface area contributed by atoms with E-state index < -0.39 is 10.0 Å². The second-order valence-electron chi connectivity index (χ2n) is 6.94. The summed E-state index contributed by atoms with van der Waals surface area (Å²) in [6.07, 6.45) is 8.24. The van der Waals surface area contributed by atoms with E-state index in [1.54, 1.807) is 18.2 Å². The summed E-state index contributed by atoms with van der Waals surface area (Å²) in [6.45, 7) is 2.78. The smallest absolute Gasteiger partial charge is 0.240 e. The van der Waals surface area contributed by atoms with E-state index in [-0.39, 0.29) is 12.5 Å². The maximum absolute atomic E-state index is 12.2. The molecule has 2 rings (SSSR count). The summed E-state index contributed by atoms with van der Waals surface area (Å²) in [5, 5.41) is 2.78. The molecule has 1 aliphatic carbocycles. The Morgan fingerprint density at radius 2 is 2.00 bits per heavy atom. The molecule has 1 aromatic carbocycles. The molecular formula is C19H30N2O4S. The van der Waals surface area contributed by atoms with Crippen LogP contribution in [-0.4, -0.2) is 46.4 Å². The van der Waals surface area contributed by atoms with Crippen LogP contribution in [0.25, 0.3) is 0 Å². The van der Waals surface area contributed by atoms with Crippen LogP contribution >= 0.6 is 0 Å². The first-order valence-electron chi connectivity index (χ1n) is 9.29. The first-order valence-corrected chi connectivity index (χ1v) is 11.1. The maximum atomic E-state index is 12.2. The number of anilines is 1. The molecule has 1 fully saturated rings. The van der Waals surface area contributed by atoms with E-state index >= 15 is 0 Å². The average Bonchev–Trinajstić information content (AvgIpc) is 2.59. The van der Waals surface area contributed by atoms with Gasteiger partial charge in [-0.25, -0.2) is 8.42 Å². The van der Waals surface area contributed by atoms with Crippen molar-refractivity contribution in [3.8, 4) is 0 Å². The van der Waals surface area contributed by atoms with Crippen LogP contribution < -0.4 is 9.62 Å². The maximum Gasteiger partial charge on any atom is 0.240 e. The van der Waals surface area contributed by atoms with Gasteiger partial charge in [0.1, 0.15) is 6.54 Å². The monoisotopic (exact) mass is 382 g/mol. The Hall–Kier alpha value is -1.60. The lowest BCUT2D eigenvalue weighted by molar-refractivity contribution is -0.119. The summed E-state index contributed by atoms with van der Waals surface area (Å²) in [6, 6.07) is 7.12. The fourth-order valence-corrected chi connectivity index (χ4v) is 4.00. The van der Waals surface area contributed by atoms with Gasteiger partial charge in [-0.05, 0) is 43.9 Å². The number of amides is 1. The van der Waals surface area contributed by atoms with E-state index in [9.17, 15) is 13.2 Å². The highest BCUT2D eigenvalue weighted by atomic mass is 32.2. The molecule has 0 saturated heterocycles. The van der Waals surface area contributed by atoms with E-state index in [2.05, 4.69) is 5.32 Å². The van der Waals surface area contributed by atoms with Crippen LogP contribution in [0.2, 0.25) is 0 Å². The molecule has 0 aromatic heterocycles. The Kier molecular flexibility index (Phi) is 7.90. The van der Waals surface area contributed by atoms with Crippen LogP contribution in [0.5, 0.6) is 0 Å². The average molecular weight is 383 g/mol. The molecule has 0 aliphatic heterocycles. The second-order valence-corrected chi connectivity index (χ2v) is 8.85. The molecule has 0 atom stereocenters. The van der Waals surface area contributed by atoms with Crippen LogP contribution in [0.4, 0.5) is 5.69 Å². The van der Waals surface area contributed by atoms with Crippen LogP contribution in [0.1, 0.15) is 44.1 Å². The molecule has 7 heteroatoms. The quantitative estimate of drug-likeness (QED) is 0.666. The van der Waals surface area contributed by atoms with Crippen molar-refractivity contribution in [2.75, 3.05) is 30.3 Å². The number of aryl methyl sites for hydroxylation is 1. The van der Waals surface area contributed by atoms with Gasteiger partial charge in [0.25, 0.3) is 0 Å². The largest absolute Gasteiger partial charge is 0.378 e. The third kappa shape index (κ3) is 6.96. The van der Waals surface area contributed by atoms with Crippen molar-refractivity contribution < 1.29 is 17.9 Å². The van der Waals surface area contributed by atoms with E-state index in [1.807, 2.05) is 13.0 Å². The molecule has 0 heterocycles. The van der Waals surface area contributed by atoms with Crippen LogP contribution in [0.3, 0.4) is 0 Å². The van der Waals surface area contributed by atoms with Crippen LogP contribution in [-0.2, 0) is 19.6 Å². The minimum absolute atomic E-state index is 0.216. The molecule has 146 valence electrons.